The van der Waals surface area contributed by atoms with Gasteiger partial charge in [0.1, 0.15) is 0 Å². The summed E-state index contributed by atoms with van der Waals surface area (Å²) in [5, 5.41) is 4.36. The predicted octanol–water partition coefficient (Wildman–Crippen LogP) is 3.65. The third kappa shape index (κ3) is 3.37. The van der Waals surface area contributed by atoms with Gasteiger partial charge in [-0.2, -0.15) is 11.3 Å². The number of halogens is 2. The molecular formula is C16H14Cl2N2O2S. The first-order valence-corrected chi connectivity index (χ1v) is 8.82. The highest BCUT2D eigenvalue weighted by Gasteiger charge is 2.26. The van der Waals surface area contributed by atoms with Crippen LogP contribution in [-0.2, 0) is 0 Å². The zero-order valence-electron chi connectivity index (χ0n) is 12.2. The van der Waals surface area contributed by atoms with Crippen LogP contribution in [0.15, 0.2) is 35.0 Å². The smallest absolute Gasteiger partial charge is 0.255 e. The molecule has 0 aliphatic carbocycles. The van der Waals surface area contributed by atoms with Gasteiger partial charge < -0.3 is 9.80 Å². The quantitative estimate of drug-likeness (QED) is 0.811. The Morgan fingerprint density at radius 2 is 1.61 bits per heavy atom. The number of rotatable bonds is 2. The predicted molar refractivity (Wildman–Crippen MR) is 92.6 cm³/mol. The molecule has 1 aliphatic rings. The van der Waals surface area contributed by atoms with E-state index in [1.807, 2.05) is 16.8 Å². The molecule has 1 aromatic heterocycles. The number of carbonyl (C=O) groups is 2. The molecule has 0 N–H and O–H groups in total. The normalized spacial score (nSPS) is 14.9. The van der Waals surface area contributed by atoms with Crippen LogP contribution in [0.4, 0.5) is 0 Å². The molecular weight excluding hydrogens is 355 g/mol. The fourth-order valence-electron chi connectivity index (χ4n) is 2.52. The van der Waals surface area contributed by atoms with Gasteiger partial charge in [-0.05, 0) is 23.6 Å². The molecule has 1 aromatic carbocycles. The summed E-state index contributed by atoms with van der Waals surface area (Å²) in [4.78, 5) is 28.3. The molecule has 0 radical (unpaired) electrons. The van der Waals surface area contributed by atoms with Crippen molar-refractivity contribution in [3.63, 3.8) is 0 Å². The number of thiophene rings is 1. The molecule has 0 spiro atoms. The minimum Gasteiger partial charge on any atom is -0.335 e. The van der Waals surface area contributed by atoms with Crippen molar-refractivity contribution in [2.45, 2.75) is 0 Å². The van der Waals surface area contributed by atoms with Crippen LogP contribution >= 0.6 is 34.5 Å². The molecule has 2 heterocycles. The largest absolute Gasteiger partial charge is 0.335 e. The third-order valence-electron chi connectivity index (χ3n) is 3.80. The standard InChI is InChI=1S/C16H14Cl2N2O2S/c17-13-3-1-2-12(14(13)18)16(22)20-7-5-19(6-8-20)15(21)11-4-9-23-10-11/h1-4,9-10H,5-8H2. The molecule has 1 aliphatic heterocycles. The minimum atomic E-state index is -0.153. The molecule has 0 unspecified atom stereocenters. The van der Waals surface area contributed by atoms with E-state index in [0.29, 0.717) is 42.3 Å². The van der Waals surface area contributed by atoms with Gasteiger partial charge in [0.25, 0.3) is 11.8 Å². The molecule has 23 heavy (non-hydrogen) atoms. The van der Waals surface area contributed by atoms with Crippen LogP contribution in [0.1, 0.15) is 20.7 Å². The van der Waals surface area contributed by atoms with Gasteiger partial charge in [0.2, 0.25) is 0 Å². The number of benzene rings is 1. The number of carbonyl (C=O) groups excluding carboxylic acids is 2. The van der Waals surface area contributed by atoms with E-state index in [2.05, 4.69) is 0 Å². The van der Waals surface area contributed by atoms with E-state index in [-0.39, 0.29) is 16.8 Å². The van der Waals surface area contributed by atoms with Crippen LogP contribution in [0, 0.1) is 0 Å². The zero-order valence-corrected chi connectivity index (χ0v) is 14.5. The van der Waals surface area contributed by atoms with E-state index in [1.165, 1.54) is 11.3 Å². The fourth-order valence-corrected chi connectivity index (χ4v) is 3.53. The fraction of sp³-hybridized carbons (Fsp3) is 0.250. The Labute approximate surface area is 148 Å². The summed E-state index contributed by atoms with van der Waals surface area (Å²) < 4.78 is 0. The lowest BCUT2D eigenvalue weighted by atomic mass is 10.1. The summed E-state index contributed by atoms with van der Waals surface area (Å²) in [5.41, 5.74) is 1.10. The van der Waals surface area contributed by atoms with Gasteiger partial charge in [-0.25, -0.2) is 0 Å². The summed E-state index contributed by atoms with van der Waals surface area (Å²) >= 11 is 13.6. The first kappa shape index (κ1) is 16.3. The molecule has 0 atom stereocenters. The maximum atomic E-state index is 12.6. The topological polar surface area (TPSA) is 40.6 Å². The monoisotopic (exact) mass is 368 g/mol. The molecule has 4 nitrogen and oxygen atoms in total. The Morgan fingerprint density at radius 1 is 0.957 bits per heavy atom. The molecule has 0 bridgehead atoms. The van der Waals surface area contributed by atoms with Crippen LogP contribution in [0.5, 0.6) is 0 Å². The second kappa shape index (κ2) is 6.91. The van der Waals surface area contributed by atoms with Crippen LogP contribution in [0.25, 0.3) is 0 Å². The minimum absolute atomic E-state index is 0.0131. The second-order valence-corrected chi connectivity index (χ2v) is 6.76. The van der Waals surface area contributed by atoms with Crippen LogP contribution < -0.4 is 0 Å². The number of piperazine rings is 1. The highest BCUT2D eigenvalue weighted by atomic mass is 35.5. The Morgan fingerprint density at radius 3 is 2.22 bits per heavy atom. The summed E-state index contributed by atoms with van der Waals surface area (Å²) in [7, 11) is 0. The molecule has 120 valence electrons. The lowest BCUT2D eigenvalue weighted by Crippen LogP contribution is -2.50. The van der Waals surface area contributed by atoms with Gasteiger partial charge in [-0.15, -0.1) is 0 Å². The maximum Gasteiger partial charge on any atom is 0.255 e. The van der Waals surface area contributed by atoms with Crippen molar-refractivity contribution >= 4 is 46.4 Å². The molecule has 2 aromatic rings. The van der Waals surface area contributed by atoms with Crippen molar-refractivity contribution in [1.82, 2.24) is 9.80 Å². The molecule has 1 fully saturated rings. The first-order chi connectivity index (χ1) is 11.1. The van der Waals surface area contributed by atoms with Gasteiger partial charge in [0.15, 0.2) is 0 Å². The van der Waals surface area contributed by atoms with Gasteiger partial charge in [-0.3, -0.25) is 9.59 Å². The van der Waals surface area contributed by atoms with Crippen LogP contribution in [0.2, 0.25) is 10.0 Å². The highest BCUT2D eigenvalue weighted by molar-refractivity contribution is 7.08. The van der Waals surface area contributed by atoms with Crippen molar-refractivity contribution in [2.75, 3.05) is 26.2 Å². The average Bonchev–Trinajstić information content (AvgIpc) is 3.11. The van der Waals surface area contributed by atoms with E-state index in [1.54, 1.807) is 28.0 Å². The van der Waals surface area contributed by atoms with E-state index in [9.17, 15) is 9.59 Å². The SMILES string of the molecule is O=C(c1ccsc1)N1CCN(C(=O)c2cccc(Cl)c2Cl)CC1. The lowest BCUT2D eigenvalue weighted by molar-refractivity contribution is 0.0536. The summed E-state index contributed by atoms with van der Waals surface area (Å²) in [6.07, 6.45) is 0. The van der Waals surface area contributed by atoms with Gasteiger partial charge >= 0.3 is 0 Å². The van der Waals surface area contributed by atoms with E-state index in [0.717, 1.165) is 0 Å². The molecule has 0 saturated carbocycles. The van der Waals surface area contributed by atoms with E-state index in [4.69, 9.17) is 23.2 Å². The van der Waals surface area contributed by atoms with Crippen molar-refractivity contribution < 1.29 is 9.59 Å². The van der Waals surface area contributed by atoms with Gasteiger partial charge in [-0.1, -0.05) is 29.3 Å². The zero-order chi connectivity index (χ0) is 16.4. The molecule has 3 rings (SSSR count). The van der Waals surface area contributed by atoms with Crippen LogP contribution in [0.3, 0.4) is 0 Å². The van der Waals surface area contributed by atoms with Gasteiger partial charge in [0, 0.05) is 31.6 Å². The summed E-state index contributed by atoms with van der Waals surface area (Å²) in [6.45, 7) is 1.99. The molecule has 2 amide bonds. The highest BCUT2D eigenvalue weighted by Crippen LogP contribution is 2.27. The Bertz CT molecular complexity index is 726. The van der Waals surface area contributed by atoms with Crippen molar-refractivity contribution in [3.05, 3.63) is 56.2 Å². The number of amides is 2. The second-order valence-electron chi connectivity index (χ2n) is 5.20. The number of nitrogens with zero attached hydrogens (tertiary/aromatic N) is 2. The lowest BCUT2D eigenvalue weighted by Gasteiger charge is -2.34. The summed E-state index contributed by atoms with van der Waals surface area (Å²) in [6, 6.07) is 6.84. The van der Waals surface area contributed by atoms with Crippen molar-refractivity contribution in [3.8, 4) is 0 Å². The number of hydrogen-bond donors (Lipinski definition) is 0. The summed E-state index contributed by atoms with van der Waals surface area (Å²) in [5.74, 6) is -0.140. The van der Waals surface area contributed by atoms with Gasteiger partial charge in [0.05, 0.1) is 21.2 Å². The Balaban J connectivity index is 1.66. The third-order valence-corrected chi connectivity index (χ3v) is 5.31. The Hall–Kier alpha value is -1.56. The van der Waals surface area contributed by atoms with E-state index < -0.39 is 0 Å². The number of hydrogen-bond acceptors (Lipinski definition) is 3. The van der Waals surface area contributed by atoms with E-state index >= 15 is 0 Å². The first-order valence-electron chi connectivity index (χ1n) is 7.12. The maximum absolute atomic E-state index is 12.6. The van der Waals surface area contributed by atoms with Crippen molar-refractivity contribution in [2.24, 2.45) is 0 Å². The van der Waals surface area contributed by atoms with Crippen LogP contribution in [-0.4, -0.2) is 47.8 Å². The molecule has 7 heteroatoms. The molecule has 1 saturated heterocycles. The average molecular weight is 369 g/mol. The Kier molecular flexibility index (Phi) is 4.90. The van der Waals surface area contributed by atoms with Crippen molar-refractivity contribution in [1.29, 1.82) is 0 Å².